The van der Waals surface area contributed by atoms with Crippen LogP contribution >= 0.6 is 0 Å². The number of hydrogen-bond donors (Lipinski definition) is 0. The van der Waals surface area contributed by atoms with Gasteiger partial charge in [0.2, 0.25) is 0 Å². The summed E-state index contributed by atoms with van der Waals surface area (Å²) in [4.78, 5) is 24.6. The van der Waals surface area contributed by atoms with Crippen LogP contribution in [0.3, 0.4) is 0 Å². The zero-order valence-electron chi connectivity index (χ0n) is 18.4. The molecule has 0 bridgehead atoms. The van der Waals surface area contributed by atoms with Gasteiger partial charge in [0.05, 0.1) is 37.8 Å². The Morgan fingerprint density at radius 1 is 0.879 bits per heavy atom. The molecule has 0 amide bonds. The molecular weight excluding hydrogens is 424 g/mol. The van der Waals surface area contributed by atoms with Gasteiger partial charge in [0, 0.05) is 6.07 Å². The minimum atomic E-state index is -0.389. The fourth-order valence-electron chi connectivity index (χ4n) is 3.42. The van der Waals surface area contributed by atoms with Gasteiger partial charge in [0.15, 0.2) is 16.9 Å². The smallest absolute Gasteiger partial charge is 0.337 e. The minimum Gasteiger partial charge on any atom is -0.493 e. The van der Waals surface area contributed by atoms with Crippen LogP contribution < -0.4 is 19.6 Å². The third kappa shape index (κ3) is 4.52. The summed E-state index contributed by atoms with van der Waals surface area (Å²) in [6.45, 7) is 0.293. The van der Waals surface area contributed by atoms with Gasteiger partial charge >= 0.3 is 5.97 Å². The highest BCUT2D eigenvalue weighted by atomic mass is 16.5. The Morgan fingerprint density at radius 2 is 1.64 bits per heavy atom. The van der Waals surface area contributed by atoms with E-state index >= 15 is 0 Å². The van der Waals surface area contributed by atoms with E-state index in [1.165, 1.54) is 13.4 Å². The lowest BCUT2D eigenvalue weighted by Crippen LogP contribution is -2.05. The average molecular weight is 446 g/mol. The summed E-state index contributed by atoms with van der Waals surface area (Å²) in [6.07, 6.45) is 1.43. The van der Waals surface area contributed by atoms with Crippen LogP contribution in [0.2, 0.25) is 0 Å². The van der Waals surface area contributed by atoms with Crippen LogP contribution in [0, 0.1) is 0 Å². The van der Waals surface area contributed by atoms with E-state index in [0.29, 0.717) is 51.5 Å². The first kappa shape index (κ1) is 22.0. The molecule has 168 valence electrons. The molecule has 7 nitrogen and oxygen atoms in total. The van der Waals surface area contributed by atoms with Crippen molar-refractivity contribution in [3.63, 3.8) is 0 Å². The van der Waals surface area contributed by atoms with Crippen molar-refractivity contribution in [1.82, 2.24) is 0 Å². The topological polar surface area (TPSA) is 84.2 Å². The van der Waals surface area contributed by atoms with Crippen LogP contribution in [0.4, 0.5) is 0 Å². The van der Waals surface area contributed by atoms with E-state index in [1.54, 1.807) is 74.9 Å². The molecule has 3 aromatic carbocycles. The molecule has 4 rings (SSSR count). The molecule has 0 fully saturated rings. The normalized spacial score (nSPS) is 10.6. The lowest BCUT2D eigenvalue weighted by atomic mass is 10.0. The Hall–Kier alpha value is -4.26. The molecule has 33 heavy (non-hydrogen) atoms. The van der Waals surface area contributed by atoms with E-state index < -0.39 is 0 Å². The van der Waals surface area contributed by atoms with Crippen molar-refractivity contribution >= 4 is 16.9 Å². The first-order valence-corrected chi connectivity index (χ1v) is 10.1. The summed E-state index contributed by atoms with van der Waals surface area (Å²) in [5.74, 6) is 1.27. The highest BCUT2D eigenvalue weighted by molar-refractivity contribution is 5.89. The Labute approximate surface area is 190 Å². The monoisotopic (exact) mass is 446 g/mol. The number of hydrogen-bond acceptors (Lipinski definition) is 7. The maximum Gasteiger partial charge on any atom is 0.337 e. The summed E-state index contributed by atoms with van der Waals surface area (Å²) in [5, 5.41) is 0.442. The van der Waals surface area contributed by atoms with E-state index in [-0.39, 0.29) is 11.4 Å². The molecule has 0 radical (unpaired) electrons. The summed E-state index contributed by atoms with van der Waals surface area (Å²) in [6, 6.07) is 17.3. The third-order valence-electron chi connectivity index (χ3n) is 5.22. The molecular formula is C26H22O7. The predicted octanol–water partition coefficient (Wildman–Crippen LogP) is 4.84. The van der Waals surface area contributed by atoms with Crippen LogP contribution in [-0.2, 0) is 11.3 Å². The molecule has 0 N–H and O–H groups in total. The van der Waals surface area contributed by atoms with Gasteiger partial charge in [-0.15, -0.1) is 0 Å². The molecule has 1 aromatic heterocycles. The van der Waals surface area contributed by atoms with Gasteiger partial charge in [-0.2, -0.15) is 0 Å². The molecule has 0 saturated heterocycles. The standard InChI is InChI=1S/C26H22O7/c1-29-22-11-8-18(12-24(22)30-2)21-15-33-23-13-19(9-10-20(23)25(21)27)32-14-16-4-6-17(7-5-16)26(28)31-3/h4-13,15H,14H2,1-3H3. The second-order valence-electron chi connectivity index (χ2n) is 7.18. The highest BCUT2D eigenvalue weighted by Crippen LogP contribution is 2.32. The maximum absolute atomic E-state index is 13.1. The van der Waals surface area contributed by atoms with Crippen molar-refractivity contribution in [2.45, 2.75) is 6.61 Å². The summed E-state index contributed by atoms with van der Waals surface area (Å²) in [7, 11) is 4.44. The van der Waals surface area contributed by atoms with E-state index in [9.17, 15) is 9.59 Å². The van der Waals surface area contributed by atoms with Crippen LogP contribution in [0.15, 0.2) is 76.1 Å². The molecule has 0 spiro atoms. The minimum absolute atomic E-state index is 0.159. The van der Waals surface area contributed by atoms with Gasteiger partial charge in [-0.1, -0.05) is 18.2 Å². The maximum atomic E-state index is 13.1. The van der Waals surface area contributed by atoms with Crippen molar-refractivity contribution in [2.75, 3.05) is 21.3 Å². The van der Waals surface area contributed by atoms with Crippen molar-refractivity contribution in [2.24, 2.45) is 0 Å². The Morgan fingerprint density at radius 3 is 2.33 bits per heavy atom. The van der Waals surface area contributed by atoms with Crippen LogP contribution in [0.1, 0.15) is 15.9 Å². The Balaban J connectivity index is 1.56. The molecule has 7 heteroatoms. The first-order chi connectivity index (χ1) is 16.0. The fourth-order valence-corrected chi connectivity index (χ4v) is 3.42. The number of carbonyl (C=O) groups excluding carboxylic acids is 1. The van der Waals surface area contributed by atoms with Crippen molar-refractivity contribution in [3.05, 3.63) is 88.3 Å². The first-order valence-electron chi connectivity index (χ1n) is 10.1. The van der Waals surface area contributed by atoms with E-state index in [2.05, 4.69) is 0 Å². The van der Waals surface area contributed by atoms with Gasteiger partial charge in [0.1, 0.15) is 24.2 Å². The second-order valence-corrected chi connectivity index (χ2v) is 7.18. The van der Waals surface area contributed by atoms with Crippen LogP contribution in [0.5, 0.6) is 17.2 Å². The summed E-state index contributed by atoms with van der Waals surface area (Å²) in [5.41, 5.74) is 2.70. The van der Waals surface area contributed by atoms with Gasteiger partial charge < -0.3 is 23.4 Å². The number of benzene rings is 3. The number of methoxy groups -OCH3 is 3. The molecule has 0 atom stereocenters. The second kappa shape index (κ2) is 9.48. The van der Waals surface area contributed by atoms with E-state index in [4.69, 9.17) is 23.4 Å². The quantitative estimate of drug-likeness (QED) is 0.376. The molecule has 0 aliphatic carbocycles. The van der Waals surface area contributed by atoms with Gasteiger partial charge in [0.25, 0.3) is 0 Å². The zero-order chi connectivity index (χ0) is 23.4. The molecule has 4 aromatic rings. The summed E-state index contributed by atoms with van der Waals surface area (Å²) >= 11 is 0. The largest absolute Gasteiger partial charge is 0.493 e. The summed E-state index contributed by atoms with van der Waals surface area (Å²) < 4.78 is 26.9. The number of esters is 1. The molecule has 1 heterocycles. The fraction of sp³-hybridized carbons (Fsp3) is 0.154. The van der Waals surface area contributed by atoms with Crippen molar-refractivity contribution in [3.8, 4) is 28.4 Å². The van der Waals surface area contributed by atoms with E-state index in [0.717, 1.165) is 5.56 Å². The number of carbonyl (C=O) groups is 1. The van der Waals surface area contributed by atoms with Crippen molar-refractivity contribution in [1.29, 1.82) is 0 Å². The third-order valence-corrected chi connectivity index (χ3v) is 5.22. The lowest BCUT2D eigenvalue weighted by molar-refractivity contribution is 0.0600. The van der Waals surface area contributed by atoms with Crippen LogP contribution in [-0.4, -0.2) is 27.3 Å². The van der Waals surface area contributed by atoms with Gasteiger partial charge in [-0.25, -0.2) is 4.79 Å². The lowest BCUT2D eigenvalue weighted by Gasteiger charge is -2.10. The Bertz CT molecular complexity index is 1350. The predicted molar refractivity (Wildman–Crippen MR) is 123 cm³/mol. The molecule has 0 aliphatic heterocycles. The molecule has 0 aliphatic rings. The van der Waals surface area contributed by atoms with Gasteiger partial charge in [-0.3, -0.25) is 4.79 Å². The zero-order valence-corrected chi connectivity index (χ0v) is 18.4. The van der Waals surface area contributed by atoms with Crippen molar-refractivity contribution < 1.29 is 28.2 Å². The highest BCUT2D eigenvalue weighted by Gasteiger charge is 2.13. The number of rotatable bonds is 7. The van der Waals surface area contributed by atoms with E-state index in [1.807, 2.05) is 0 Å². The number of ether oxygens (including phenoxy) is 4. The van der Waals surface area contributed by atoms with Gasteiger partial charge in [-0.05, 0) is 47.5 Å². The SMILES string of the molecule is COC(=O)c1ccc(COc2ccc3c(=O)c(-c4ccc(OC)c(OC)c4)coc3c2)cc1. The van der Waals surface area contributed by atoms with Crippen LogP contribution in [0.25, 0.3) is 22.1 Å². The number of fused-ring (bicyclic) bond motifs is 1. The molecule has 0 saturated carbocycles. The molecule has 0 unspecified atom stereocenters. The Kier molecular flexibility index (Phi) is 6.31. The average Bonchev–Trinajstić information content (AvgIpc) is 2.87.